The molecule has 82 valence electrons. The first-order valence-electron chi connectivity index (χ1n) is 5.09. The highest BCUT2D eigenvalue weighted by molar-refractivity contribution is 7.57. The largest absolute Gasteiger partial charge is 0.344 e. The van der Waals surface area contributed by atoms with E-state index in [9.17, 15) is 9.46 Å². The molecule has 1 atom stereocenters. The van der Waals surface area contributed by atoms with Crippen LogP contribution in [0.5, 0.6) is 0 Å². The van der Waals surface area contributed by atoms with Crippen LogP contribution in [0.1, 0.15) is 20.3 Å². The van der Waals surface area contributed by atoms with Crippen molar-refractivity contribution in [1.82, 2.24) is 4.90 Å². The van der Waals surface area contributed by atoms with Crippen LogP contribution >= 0.6 is 7.37 Å². The molecule has 1 N–H and O–H groups in total. The molecule has 14 heavy (non-hydrogen) atoms. The molecular weight excluding hydrogens is 197 g/mol. The Labute approximate surface area is 86.3 Å². The zero-order valence-electron chi connectivity index (χ0n) is 9.23. The van der Waals surface area contributed by atoms with E-state index in [1.54, 1.807) is 0 Å². The van der Waals surface area contributed by atoms with Crippen molar-refractivity contribution in [3.8, 4) is 0 Å². The van der Waals surface area contributed by atoms with Crippen molar-refractivity contribution in [3.05, 3.63) is 11.6 Å². The Balaban J connectivity index is 2.47. The third-order valence-corrected chi connectivity index (χ3v) is 3.46. The molecule has 0 fully saturated rings. The van der Waals surface area contributed by atoms with Crippen LogP contribution in [0, 0.1) is 5.92 Å². The molecule has 0 aromatic carbocycles. The molecule has 0 amide bonds. The fourth-order valence-electron chi connectivity index (χ4n) is 1.75. The van der Waals surface area contributed by atoms with E-state index >= 15 is 0 Å². The van der Waals surface area contributed by atoms with E-state index in [2.05, 4.69) is 19.9 Å². The first-order chi connectivity index (χ1) is 6.38. The Morgan fingerprint density at radius 1 is 1.64 bits per heavy atom. The van der Waals surface area contributed by atoms with E-state index < -0.39 is 7.37 Å². The van der Waals surface area contributed by atoms with E-state index in [1.807, 2.05) is 4.90 Å². The molecular formula is C10H20NO2P. The van der Waals surface area contributed by atoms with Gasteiger partial charge in [0.05, 0.1) is 6.29 Å². The third-order valence-electron chi connectivity index (χ3n) is 2.53. The van der Waals surface area contributed by atoms with Gasteiger partial charge in [0.1, 0.15) is 0 Å². The summed E-state index contributed by atoms with van der Waals surface area (Å²) in [6.45, 7) is 7.56. The van der Waals surface area contributed by atoms with Gasteiger partial charge in [0.25, 0.3) is 0 Å². The highest BCUT2D eigenvalue weighted by Gasteiger charge is 2.19. The first kappa shape index (κ1) is 12.0. The maximum absolute atomic E-state index is 11.2. The van der Waals surface area contributed by atoms with Crippen LogP contribution in [0.4, 0.5) is 0 Å². The molecule has 0 bridgehead atoms. The number of rotatable bonds is 3. The molecule has 0 saturated heterocycles. The lowest BCUT2D eigenvalue weighted by Gasteiger charge is -2.28. The van der Waals surface area contributed by atoms with Gasteiger partial charge in [-0.25, -0.2) is 0 Å². The topological polar surface area (TPSA) is 40.5 Å². The fraction of sp³-hybridized carbons (Fsp3) is 0.800. The summed E-state index contributed by atoms with van der Waals surface area (Å²) in [6.07, 6.45) is 3.57. The molecule has 1 heterocycles. The highest BCUT2D eigenvalue weighted by Crippen LogP contribution is 2.36. The van der Waals surface area contributed by atoms with Gasteiger partial charge >= 0.3 is 0 Å². The quantitative estimate of drug-likeness (QED) is 0.581. The van der Waals surface area contributed by atoms with Crippen molar-refractivity contribution in [3.63, 3.8) is 0 Å². The predicted molar refractivity (Wildman–Crippen MR) is 59.7 cm³/mol. The van der Waals surface area contributed by atoms with E-state index in [0.717, 1.165) is 19.5 Å². The monoisotopic (exact) mass is 217 g/mol. The smallest absolute Gasteiger partial charge is 0.211 e. The van der Waals surface area contributed by atoms with E-state index in [1.165, 1.54) is 12.2 Å². The molecule has 3 nitrogen and oxygen atoms in total. The lowest BCUT2D eigenvalue weighted by Crippen LogP contribution is -2.30. The van der Waals surface area contributed by atoms with Crippen LogP contribution in [0.3, 0.4) is 0 Å². The van der Waals surface area contributed by atoms with Crippen molar-refractivity contribution in [2.45, 2.75) is 20.3 Å². The highest BCUT2D eigenvalue weighted by atomic mass is 31.2. The SMILES string of the molecule is CC(C)C1=CCN(CP(C)(=O)O)CC1. The van der Waals surface area contributed by atoms with E-state index in [-0.39, 0.29) is 0 Å². The van der Waals surface area contributed by atoms with Crippen LogP contribution in [-0.2, 0) is 4.57 Å². The standard InChI is InChI=1S/C10H20NO2P/c1-9(2)10-4-6-11(7-5-10)8-14(3,12)13/h4,9H,5-8H2,1-3H3,(H,12,13). The maximum Gasteiger partial charge on any atom is 0.211 e. The second-order valence-corrected chi connectivity index (χ2v) is 6.84. The summed E-state index contributed by atoms with van der Waals surface area (Å²) in [5.41, 5.74) is 1.48. The van der Waals surface area contributed by atoms with Gasteiger partial charge in [-0.2, -0.15) is 0 Å². The van der Waals surface area contributed by atoms with Crippen LogP contribution in [0.2, 0.25) is 0 Å². The van der Waals surface area contributed by atoms with Crippen molar-refractivity contribution in [1.29, 1.82) is 0 Å². The molecule has 1 aliphatic rings. The van der Waals surface area contributed by atoms with Crippen LogP contribution in [0.25, 0.3) is 0 Å². The predicted octanol–water partition coefficient (Wildman–Crippen LogP) is 2.13. The minimum absolute atomic E-state index is 0.328. The van der Waals surface area contributed by atoms with Crippen molar-refractivity contribution in [2.24, 2.45) is 5.92 Å². The lowest BCUT2D eigenvalue weighted by molar-refractivity contribution is 0.317. The molecule has 1 unspecified atom stereocenters. The minimum atomic E-state index is -2.88. The summed E-state index contributed by atoms with van der Waals surface area (Å²) in [4.78, 5) is 11.3. The van der Waals surface area contributed by atoms with Gasteiger partial charge in [-0.05, 0) is 12.3 Å². The van der Waals surface area contributed by atoms with Gasteiger partial charge in [0, 0.05) is 19.8 Å². The summed E-state index contributed by atoms with van der Waals surface area (Å²) in [6, 6.07) is 0. The summed E-state index contributed by atoms with van der Waals surface area (Å²) in [5.74, 6) is 0.611. The second kappa shape index (κ2) is 4.61. The Bertz CT molecular complexity index is 267. The average molecular weight is 217 g/mol. The molecule has 0 radical (unpaired) electrons. The Morgan fingerprint density at radius 3 is 2.64 bits per heavy atom. The van der Waals surface area contributed by atoms with Crippen LogP contribution in [-0.4, -0.2) is 35.8 Å². The third kappa shape index (κ3) is 3.95. The van der Waals surface area contributed by atoms with Gasteiger partial charge in [0.15, 0.2) is 0 Å². The zero-order chi connectivity index (χ0) is 10.8. The zero-order valence-corrected chi connectivity index (χ0v) is 10.1. The molecule has 0 aliphatic carbocycles. The Morgan fingerprint density at radius 2 is 2.29 bits per heavy atom. The van der Waals surface area contributed by atoms with Gasteiger partial charge in [-0.3, -0.25) is 9.46 Å². The average Bonchev–Trinajstić information content (AvgIpc) is 2.02. The number of nitrogens with zero attached hydrogens (tertiary/aromatic N) is 1. The second-order valence-electron chi connectivity index (χ2n) is 4.45. The molecule has 0 saturated carbocycles. The summed E-state index contributed by atoms with van der Waals surface area (Å²) >= 11 is 0. The summed E-state index contributed by atoms with van der Waals surface area (Å²) in [7, 11) is -2.88. The van der Waals surface area contributed by atoms with Gasteiger partial charge < -0.3 is 4.89 Å². The maximum atomic E-state index is 11.2. The Hall–Kier alpha value is -0.110. The van der Waals surface area contributed by atoms with Gasteiger partial charge in [-0.1, -0.05) is 25.5 Å². The van der Waals surface area contributed by atoms with Gasteiger partial charge in [-0.15, -0.1) is 0 Å². The minimum Gasteiger partial charge on any atom is -0.344 e. The molecule has 1 rings (SSSR count). The molecule has 0 aromatic heterocycles. The van der Waals surface area contributed by atoms with Gasteiger partial charge in [0.2, 0.25) is 7.37 Å². The van der Waals surface area contributed by atoms with Crippen LogP contribution in [0.15, 0.2) is 11.6 Å². The van der Waals surface area contributed by atoms with Crippen LogP contribution < -0.4 is 0 Å². The summed E-state index contributed by atoms with van der Waals surface area (Å²) < 4.78 is 11.2. The normalized spacial score (nSPS) is 23.4. The Kier molecular flexibility index (Phi) is 3.94. The van der Waals surface area contributed by atoms with Crippen molar-refractivity contribution in [2.75, 3.05) is 26.0 Å². The number of hydrogen-bond donors (Lipinski definition) is 1. The van der Waals surface area contributed by atoms with Crippen molar-refractivity contribution >= 4 is 7.37 Å². The summed E-state index contributed by atoms with van der Waals surface area (Å²) in [5, 5.41) is 0. The molecule has 1 aliphatic heterocycles. The first-order valence-corrected chi connectivity index (χ1v) is 7.38. The fourth-order valence-corrected chi connectivity index (χ4v) is 2.75. The molecule has 4 heteroatoms. The van der Waals surface area contributed by atoms with E-state index in [4.69, 9.17) is 0 Å². The molecule has 0 spiro atoms. The lowest BCUT2D eigenvalue weighted by atomic mass is 9.97. The van der Waals surface area contributed by atoms with E-state index in [0.29, 0.717) is 12.2 Å². The van der Waals surface area contributed by atoms with Crippen molar-refractivity contribution < 1.29 is 9.46 Å². The molecule has 0 aromatic rings. The number of hydrogen-bond acceptors (Lipinski definition) is 2.